The minimum atomic E-state index is 0.136. The van der Waals surface area contributed by atoms with Crippen molar-refractivity contribution in [2.45, 2.75) is 5.92 Å². The number of thiophene rings is 1. The highest BCUT2D eigenvalue weighted by Crippen LogP contribution is 2.55. The van der Waals surface area contributed by atoms with Gasteiger partial charge in [0.15, 0.2) is 0 Å². The largest absolute Gasteiger partial charge is 0.309 e. The van der Waals surface area contributed by atoms with Crippen LogP contribution in [0.1, 0.15) is 22.6 Å². The van der Waals surface area contributed by atoms with Crippen molar-refractivity contribution < 1.29 is 0 Å². The molecule has 9 aromatic rings. The summed E-state index contributed by atoms with van der Waals surface area (Å²) in [7, 11) is 0. The van der Waals surface area contributed by atoms with Crippen molar-refractivity contribution in [2.24, 2.45) is 0 Å². The van der Waals surface area contributed by atoms with Gasteiger partial charge in [-0.2, -0.15) is 0 Å². The number of rotatable bonds is 2. The average molecular weight is 564 g/mol. The van der Waals surface area contributed by atoms with Gasteiger partial charge in [-0.3, -0.25) is 0 Å². The summed E-state index contributed by atoms with van der Waals surface area (Å²) in [6, 6.07) is 54.1. The molecule has 0 aliphatic heterocycles. The van der Waals surface area contributed by atoms with Gasteiger partial charge in [0.25, 0.3) is 0 Å². The monoisotopic (exact) mass is 563 g/mol. The van der Waals surface area contributed by atoms with Gasteiger partial charge < -0.3 is 4.57 Å². The Morgan fingerprint density at radius 1 is 0.512 bits per heavy atom. The summed E-state index contributed by atoms with van der Waals surface area (Å²) < 4.78 is 5.14. The molecule has 0 fully saturated rings. The quantitative estimate of drug-likeness (QED) is 0.197. The lowest BCUT2D eigenvalue weighted by atomic mass is 9.86. The Morgan fingerprint density at radius 2 is 1.26 bits per heavy atom. The van der Waals surface area contributed by atoms with Crippen LogP contribution in [0.3, 0.4) is 0 Å². The van der Waals surface area contributed by atoms with Crippen molar-refractivity contribution in [3.63, 3.8) is 0 Å². The van der Waals surface area contributed by atoms with Gasteiger partial charge in [-0.15, -0.1) is 11.3 Å². The molecule has 2 heterocycles. The molecule has 2 aromatic heterocycles. The first kappa shape index (κ1) is 23.4. The number of benzene rings is 7. The van der Waals surface area contributed by atoms with Crippen LogP contribution in [0.25, 0.3) is 69.6 Å². The first-order valence-corrected chi connectivity index (χ1v) is 15.7. The van der Waals surface area contributed by atoms with E-state index in [1.54, 1.807) is 0 Å². The normalized spacial score (nSPS) is 14.3. The Balaban J connectivity index is 1.36. The predicted molar refractivity (Wildman–Crippen MR) is 184 cm³/mol. The maximum absolute atomic E-state index is 2.47. The Bertz CT molecular complexity index is 2570. The van der Waals surface area contributed by atoms with Gasteiger partial charge in [0.2, 0.25) is 0 Å². The molecule has 0 amide bonds. The third-order valence-electron chi connectivity index (χ3n) is 9.46. The predicted octanol–water partition coefficient (Wildman–Crippen LogP) is 11.5. The molecule has 0 radical (unpaired) electrons. The van der Waals surface area contributed by atoms with Crippen LogP contribution in [-0.2, 0) is 0 Å². The van der Waals surface area contributed by atoms with Gasteiger partial charge in [-0.25, -0.2) is 0 Å². The molecule has 0 saturated carbocycles. The van der Waals surface area contributed by atoms with Gasteiger partial charge in [0.05, 0.1) is 11.0 Å². The zero-order valence-corrected chi connectivity index (χ0v) is 24.1. The van der Waals surface area contributed by atoms with Gasteiger partial charge >= 0.3 is 0 Å². The third-order valence-corrected chi connectivity index (χ3v) is 10.6. The van der Waals surface area contributed by atoms with E-state index < -0.39 is 0 Å². The van der Waals surface area contributed by atoms with Crippen LogP contribution in [0.5, 0.6) is 0 Å². The molecule has 2 heteroatoms. The molecule has 0 N–H and O–H groups in total. The zero-order chi connectivity index (χ0) is 28.1. The van der Waals surface area contributed by atoms with E-state index in [-0.39, 0.29) is 5.92 Å². The van der Waals surface area contributed by atoms with Crippen molar-refractivity contribution in [1.29, 1.82) is 0 Å². The number of fused-ring (bicyclic) bond motifs is 12. The molecule has 0 bridgehead atoms. The highest BCUT2D eigenvalue weighted by atomic mass is 32.1. The summed E-state index contributed by atoms with van der Waals surface area (Å²) in [5.41, 5.74) is 10.6. The summed E-state index contributed by atoms with van der Waals surface area (Å²) in [5, 5.41) is 7.99. The summed E-state index contributed by atoms with van der Waals surface area (Å²) in [6.45, 7) is 0. The van der Waals surface area contributed by atoms with Crippen LogP contribution < -0.4 is 0 Å². The lowest BCUT2D eigenvalue weighted by Gasteiger charge is -2.17. The second-order valence-corrected chi connectivity index (χ2v) is 12.7. The maximum Gasteiger partial charge on any atom is 0.0544 e. The fourth-order valence-corrected chi connectivity index (χ4v) is 8.80. The van der Waals surface area contributed by atoms with Crippen LogP contribution in [0.15, 0.2) is 146 Å². The van der Waals surface area contributed by atoms with Crippen LogP contribution in [0.2, 0.25) is 0 Å². The van der Waals surface area contributed by atoms with Gasteiger partial charge in [0, 0.05) is 42.6 Å². The van der Waals surface area contributed by atoms with E-state index in [1.807, 2.05) is 11.3 Å². The molecule has 1 aliphatic carbocycles. The number of hydrogen-bond acceptors (Lipinski definition) is 1. The zero-order valence-electron chi connectivity index (χ0n) is 23.3. The Morgan fingerprint density at radius 3 is 2.16 bits per heavy atom. The Labute approximate surface area is 252 Å². The fraction of sp³-hybridized carbons (Fsp3) is 0.0244. The number of nitrogens with zero attached hydrogens (tertiary/aromatic N) is 1. The van der Waals surface area contributed by atoms with E-state index >= 15 is 0 Å². The molecule has 10 rings (SSSR count). The molecule has 1 atom stereocenters. The topological polar surface area (TPSA) is 4.93 Å². The highest BCUT2D eigenvalue weighted by molar-refractivity contribution is 7.25. The smallest absolute Gasteiger partial charge is 0.0544 e. The van der Waals surface area contributed by atoms with E-state index in [4.69, 9.17) is 0 Å². The lowest BCUT2D eigenvalue weighted by molar-refractivity contribution is 1.03. The molecule has 1 unspecified atom stereocenters. The number of hydrogen-bond donors (Lipinski definition) is 0. The van der Waals surface area contributed by atoms with Gasteiger partial charge in [-0.05, 0) is 81.1 Å². The third kappa shape index (κ3) is 3.16. The Kier molecular flexibility index (Phi) is 4.72. The second kappa shape index (κ2) is 8.67. The molecule has 7 aromatic carbocycles. The molecular weight excluding hydrogens is 539 g/mol. The van der Waals surface area contributed by atoms with Crippen LogP contribution >= 0.6 is 11.3 Å². The van der Waals surface area contributed by atoms with Crippen LogP contribution in [0, 0.1) is 0 Å². The Hall–Kier alpha value is -5.18. The SMILES string of the molecule is c1ccc(-n2c3ccccc3c3c4c(ccc32)-c2c(ccc3ccccc23)C4c2ccc3sc4ccccc4c3c2)cc1. The standard InChI is InChI=1S/C41H25NS/c1-2-11-27(12-3-1)42-34-16-8-6-15-30(34)40-35(42)22-21-32-39-28-13-5-4-10-25(28)18-20-31(39)38(41(32)40)26-19-23-37-33(24-26)29-14-7-9-17-36(29)43-37/h1-24,38H. The fourth-order valence-electron chi connectivity index (χ4n) is 7.71. The maximum atomic E-state index is 2.47. The summed E-state index contributed by atoms with van der Waals surface area (Å²) >= 11 is 1.89. The van der Waals surface area contributed by atoms with Crippen molar-refractivity contribution in [3.8, 4) is 16.8 Å². The first-order chi connectivity index (χ1) is 21.3. The van der Waals surface area contributed by atoms with Crippen molar-refractivity contribution in [2.75, 3.05) is 0 Å². The first-order valence-electron chi connectivity index (χ1n) is 14.9. The molecule has 200 valence electrons. The molecular formula is C41H25NS. The molecule has 0 spiro atoms. The molecule has 1 aliphatic rings. The van der Waals surface area contributed by atoms with E-state index in [0.717, 1.165) is 0 Å². The van der Waals surface area contributed by atoms with E-state index in [0.29, 0.717) is 0 Å². The van der Waals surface area contributed by atoms with Crippen molar-refractivity contribution in [1.82, 2.24) is 4.57 Å². The summed E-state index contributed by atoms with van der Waals surface area (Å²) in [5.74, 6) is 0.136. The van der Waals surface area contributed by atoms with E-state index in [1.165, 1.54) is 86.3 Å². The van der Waals surface area contributed by atoms with Crippen molar-refractivity contribution in [3.05, 3.63) is 162 Å². The summed E-state index contributed by atoms with van der Waals surface area (Å²) in [6.07, 6.45) is 0. The second-order valence-electron chi connectivity index (χ2n) is 11.6. The number of para-hydroxylation sites is 2. The lowest BCUT2D eigenvalue weighted by Crippen LogP contribution is -2.00. The summed E-state index contributed by atoms with van der Waals surface area (Å²) in [4.78, 5) is 0. The molecule has 1 nitrogen and oxygen atoms in total. The molecule has 43 heavy (non-hydrogen) atoms. The van der Waals surface area contributed by atoms with Crippen LogP contribution in [0.4, 0.5) is 0 Å². The molecule has 0 saturated heterocycles. The minimum absolute atomic E-state index is 0.136. The van der Waals surface area contributed by atoms with Crippen molar-refractivity contribution >= 4 is 64.1 Å². The van der Waals surface area contributed by atoms with Gasteiger partial charge in [0.1, 0.15) is 0 Å². The van der Waals surface area contributed by atoms with E-state index in [9.17, 15) is 0 Å². The van der Waals surface area contributed by atoms with Gasteiger partial charge in [-0.1, -0.05) is 103 Å². The van der Waals surface area contributed by atoms with Crippen LogP contribution in [-0.4, -0.2) is 4.57 Å². The van der Waals surface area contributed by atoms with E-state index in [2.05, 4.69) is 150 Å². The number of aromatic nitrogens is 1. The average Bonchev–Trinajstić information content (AvgIpc) is 3.72. The highest BCUT2D eigenvalue weighted by Gasteiger charge is 2.34. The minimum Gasteiger partial charge on any atom is -0.309 e.